The van der Waals surface area contributed by atoms with Gasteiger partial charge in [0, 0.05) is 49.9 Å². The molecule has 1 aliphatic heterocycles. The predicted molar refractivity (Wildman–Crippen MR) is 229 cm³/mol. The Hall–Kier alpha value is -7.36. The fourth-order valence-corrected chi connectivity index (χ4v) is 9.08. The van der Waals surface area contributed by atoms with Crippen LogP contribution in [0.25, 0.3) is 99.1 Å². The van der Waals surface area contributed by atoms with Crippen molar-refractivity contribution in [3.63, 3.8) is 0 Å². The summed E-state index contributed by atoms with van der Waals surface area (Å²) in [6, 6.07) is 70.0. The van der Waals surface area contributed by atoms with E-state index < -0.39 is 0 Å². The fourth-order valence-electron chi connectivity index (χ4n) is 9.08. The van der Waals surface area contributed by atoms with Crippen LogP contribution in [0.1, 0.15) is 0 Å². The van der Waals surface area contributed by atoms with Crippen LogP contribution in [0.5, 0.6) is 11.5 Å². The van der Waals surface area contributed by atoms with Gasteiger partial charge < -0.3 is 13.9 Å². The molecular weight excluding hydrogens is 669 g/mol. The molecule has 3 nitrogen and oxygen atoms in total. The molecule has 0 aliphatic carbocycles. The van der Waals surface area contributed by atoms with E-state index in [0.717, 1.165) is 50.5 Å². The normalized spacial score (nSPS) is 12.1. The van der Waals surface area contributed by atoms with Crippen molar-refractivity contribution < 1.29 is 4.74 Å². The third kappa shape index (κ3) is 4.44. The Morgan fingerprint density at radius 3 is 1.75 bits per heavy atom. The van der Waals surface area contributed by atoms with Crippen LogP contribution >= 0.6 is 0 Å². The topological polar surface area (TPSA) is 19.1 Å². The molecule has 0 amide bonds. The van der Waals surface area contributed by atoms with E-state index in [4.69, 9.17) is 4.74 Å². The molecule has 0 radical (unpaired) electrons. The first-order valence-electron chi connectivity index (χ1n) is 18.8. The van der Waals surface area contributed by atoms with Crippen LogP contribution in [-0.2, 0) is 0 Å². The Bertz CT molecular complexity index is 3330. The zero-order valence-electron chi connectivity index (χ0n) is 29.8. The fraction of sp³-hybridized carbons (Fsp3) is 0. The van der Waals surface area contributed by atoms with Crippen LogP contribution in [0, 0.1) is 0 Å². The number of hydrogen-bond acceptors (Lipinski definition) is 1. The van der Waals surface area contributed by atoms with E-state index in [9.17, 15) is 0 Å². The van der Waals surface area contributed by atoms with E-state index in [1.807, 2.05) is 0 Å². The quantitative estimate of drug-likeness (QED) is 0.179. The standard InChI is InChI=1S/C52H32N2O/c1-3-13-33(14-4-1)35-26-28-47-44(30-35)39-19-7-9-23-45(39)54(47)38-18-11-15-34(29-38)36-25-27-40-41-21-12-22-43-51-42-20-8-10-24-46(42)53(37-16-5-2-6-17-37)48(51)32-50(52(41)43)55-49(40)31-36/h1-32H. The smallest absolute Gasteiger partial charge is 0.138 e. The monoisotopic (exact) mass is 700 g/mol. The molecule has 11 aromatic rings. The molecule has 0 spiro atoms. The minimum atomic E-state index is 0.870. The molecule has 0 atom stereocenters. The van der Waals surface area contributed by atoms with E-state index >= 15 is 0 Å². The van der Waals surface area contributed by atoms with Crippen LogP contribution in [-0.4, -0.2) is 9.13 Å². The number of ether oxygens (including phenoxy) is 1. The second-order valence-electron chi connectivity index (χ2n) is 14.5. The van der Waals surface area contributed by atoms with Gasteiger partial charge in [0.2, 0.25) is 0 Å². The Morgan fingerprint density at radius 1 is 0.291 bits per heavy atom. The number of para-hydroxylation sites is 3. The van der Waals surface area contributed by atoms with Crippen molar-refractivity contribution >= 4 is 54.4 Å². The number of hydrogen-bond donors (Lipinski definition) is 0. The summed E-state index contributed by atoms with van der Waals surface area (Å²) in [6.07, 6.45) is 0. The minimum absolute atomic E-state index is 0.870. The zero-order chi connectivity index (χ0) is 36.0. The van der Waals surface area contributed by atoms with Gasteiger partial charge in [0.25, 0.3) is 0 Å². The van der Waals surface area contributed by atoms with Gasteiger partial charge in [0.05, 0.1) is 22.1 Å². The van der Waals surface area contributed by atoms with E-state index in [1.54, 1.807) is 0 Å². The van der Waals surface area contributed by atoms with Crippen molar-refractivity contribution in [2.75, 3.05) is 0 Å². The second-order valence-corrected chi connectivity index (χ2v) is 14.5. The second kappa shape index (κ2) is 11.6. The third-order valence-corrected chi connectivity index (χ3v) is 11.5. The predicted octanol–water partition coefficient (Wildman–Crippen LogP) is 14.1. The van der Waals surface area contributed by atoms with Gasteiger partial charge >= 0.3 is 0 Å². The maximum Gasteiger partial charge on any atom is 0.138 e. The van der Waals surface area contributed by atoms with Crippen molar-refractivity contribution in [2.45, 2.75) is 0 Å². The van der Waals surface area contributed by atoms with Crippen LogP contribution in [0.2, 0.25) is 0 Å². The van der Waals surface area contributed by atoms with Crippen molar-refractivity contribution in [1.29, 1.82) is 0 Å². The van der Waals surface area contributed by atoms with Crippen LogP contribution in [0.15, 0.2) is 194 Å². The van der Waals surface area contributed by atoms with Crippen LogP contribution in [0.4, 0.5) is 0 Å². The molecule has 1 aliphatic rings. The molecule has 0 unspecified atom stereocenters. The Morgan fingerprint density at radius 2 is 0.891 bits per heavy atom. The first-order chi connectivity index (χ1) is 27.3. The van der Waals surface area contributed by atoms with Crippen molar-refractivity contribution in [2.24, 2.45) is 0 Å². The lowest BCUT2D eigenvalue weighted by Crippen LogP contribution is -1.99. The molecule has 2 aromatic heterocycles. The van der Waals surface area contributed by atoms with Gasteiger partial charge in [0.15, 0.2) is 0 Å². The SMILES string of the molecule is c1ccc(-c2ccc3c(c2)c2ccccc2n3-c2cccc(-c3ccc4c(c3)Oc3cc5c(c6cccc-4c36)c3ccccc3n5-c3ccccc3)c2)cc1. The Kier molecular flexibility index (Phi) is 6.34. The molecule has 0 saturated carbocycles. The van der Waals surface area contributed by atoms with E-state index in [-0.39, 0.29) is 0 Å². The highest BCUT2D eigenvalue weighted by Crippen LogP contribution is 2.51. The molecule has 0 N–H and O–H groups in total. The summed E-state index contributed by atoms with van der Waals surface area (Å²) in [4.78, 5) is 0. The highest BCUT2D eigenvalue weighted by atomic mass is 16.5. The highest BCUT2D eigenvalue weighted by Gasteiger charge is 2.25. The number of benzene rings is 9. The minimum Gasteiger partial charge on any atom is -0.456 e. The number of aromatic nitrogens is 2. The van der Waals surface area contributed by atoms with Crippen molar-refractivity contribution in [1.82, 2.24) is 9.13 Å². The summed E-state index contributed by atoms with van der Waals surface area (Å²) in [5.74, 6) is 1.76. The molecule has 256 valence electrons. The van der Waals surface area contributed by atoms with Gasteiger partial charge in [-0.3, -0.25) is 0 Å². The first-order valence-corrected chi connectivity index (χ1v) is 18.8. The molecule has 9 aromatic carbocycles. The number of nitrogens with zero attached hydrogens (tertiary/aromatic N) is 2. The van der Waals surface area contributed by atoms with E-state index in [2.05, 4.69) is 203 Å². The molecule has 0 saturated heterocycles. The van der Waals surface area contributed by atoms with Gasteiger partial charge in [-0.25, -0.2) is 0 Å². The number of fused-ring (bicyclic) bond motifs is 9. The highest BCUT2D eigenvalue weighted by molar-refractivity contribution is 6.25. The van der Waals surface area contributed by atoms with Crippen LogP contribution in [0.3, 0.4) is 0 Å². The molecule has 55 heavy (non-hydrogen) atoms. The molecule has 3 heteroatoms. The summed E-state index contributed by atoms with van der Waals surface area (Å²) >= 11 is 0. The summed E-state index contributed by atoms with van der Waals surface area (Å²) in [5.41, 5.74) is 14.0. The van der Waals surface area contributed by atoms with Crippen molar-refractivity contribution in [3.8, 4) is 56.3 Å². The van der Waals surface area contributed by atoms with Crippen LogP contribution < -0.4 is 4.74 Å². The lowest BCUT2D eigenvalue weighted by molar-refractivity contribution is 0.488. The van der Waals surface area contributed by atoms with Gasteiger partial charge in [0.1, 0.15) is 11.5 Å². The third-order valence-electron chi connectivity index (χ3n) is 11.5. The van der Waals surface area contributed by atoms with Crippen molar-refractivity contribution in [3.05, 3.63) is 194 Å². The Balaban J connectivity index is 1.00. The summed E-state index contributed by atoms with van der Waals surface area (Å²) in [6.45, 7) is 0. The average Bonchev–Trinajstić information content (AvgIpc) is 3.77. The maximum atomic E-state index is 6.95. The lowest BCUT2D eigenvalue weighted by Gasteiger charge is -2.23. The zero-order valence-corrected chi connectivity index (χ0v) is 29.8. The molecule has 0 bridgehead atoms. The van der Waals surface area contributed by atoms with E-state index in [0.29, 0.717) is 0 Å². The molecule has 3 heterocycles. The van der Waals surface area contributed by atoms with Gasteiger partial charge in [-0.2, -0.15) is 0 Å². The Labute approximate surface area is 317 Å². The lowest BCUT2D eigenvalue weighted by atomic mass is 9.91. The molecule has 12 rings (SSSR count). The largest absolute Gasteiger partial charge is 0.456 e. The molecule has 0 fully saturated rings. The summed E-state index contributed by atoms with van der Waals surface area (Å²) < 4.78 is 11.7. The molecular formula is C52H32N2O. The maximum absolute atomic E-state index is 6.95. The first kappa shape index (κ1) is 30.1. The van der Waals surface area contributed by atoms with Gasteiger partial charge in [-0.05, 0) is 93.9 Å². The number of rotatable bonds is 4. The summed E-state index contributed by atoms with van der Waals surface area (Å²) in [5, 5.41) is 7.36. The van der Waals surface area contributed by atoms with Gasteiger partial charge in [-0.15, -0.1) is 0 Å². The van der Waals surface area contributed by atoms with E-state index in [1.165, 1.54) is 60.2 Å². The van der Waals surface area contributed by atoms with Gasteiger partial charge in [-0.1, -0.05) is 127 Å². The average molecular weight is 701 g/mol. The summed E-state index contributed by atoms with van der Waals surface area (Å²) in [7, 11) is 0.